The Hall–Kier alpha value is -2.69. The number of fused-ring (bicyclic) bond motifs is 1. The predicted molar refractivity (Wildman–Crippen MR) is 86.3 cm³/mol. The van der Waals surface area contributed by atoms with E-state index in [0.717, 1.165) is 22.6 Å². The largest absolute Gasteiger partial charge is 0.496 e. The standard InChI is InChI=1S/C18H19NO4/c1-12-9-16-17(23-8-7-22-16)10-13(12)11-19-18(20)14-5-3-4-6-15(14)21-2/h3-6,9-10H,7-8,11H2,1-2H3,(H,19,20). The number of rotatable bonds is 4. The molecule has 23 heavy (non-hydrogen) atoms. The molecule has 3 rings (SSSR count). The zero-order valence-electron chi connectivity index (χ0n) is 13.2. The van der Waals surface area contributed by atoms with Crippen LogP contribution < -0.4 is 19.5 Å². The van der Waals surface area contributed by atoms with Crippen molar-refractivity contribution in [2.75, 3.05) is 20.3 Å². The van der Waals surface area contributed by atoms with Gasteiger partial charge in [-0.1, -0.05) is 12.1 Å². The van der Waals surface area contributed by atoms with E-state index in [2.05, 4.69) is 5.32 Å². The van der Waals surface area contributed by atoms with E-state index in [1.807, 2.05) is 31.2 Å². The molecule has 0 unspecified atom stereocenters. The van der Waals surface area contributed by atoms with Crippen LogP contribution in [0.3, 0.4) is 0 Å². The molecular formula is C18H19NO4. The van der Waals surface area contributed by atoms with Gasteiger partial charge in [0, 0.05) is 6.54 Å². The topological polar surface area (TPSA) is 56.8 Å². The van der Waals surface area contributed by atoms with Crippen LogP contribution in [0.25, 0.3) is 0 Å². The molecule has 1 aliphatic rings. The summed E-state index contributed by atoms with van der Waals surface area (Å²) in [7, 11) is 1.55. The molecule has 1 heterocycles. The van der Waals surface area contributed by atoms with Gasteiger partial charge in [0.2, 0.25) is 0 Å². The van der Waals surface area contributed by atoms with Crippen molar-refractivity contribution in [2.24, 2.45) is 0 Å². The molecule has 0 radical (unpaired) electrons. The molecule has 0 spiro atoms. The minimum absolute atomic E-state index is 0.170. The third-order valence-electron chi connectivity index (χ3n) is 3.79. The molecule has 0 aliphatic carbocycles. The van der Waals surface area contributed by atoms with Crippen LogP contribution in [0.2, 0.25) is 0 Å². The Kier molecular flexibility index (Phi) is 4.37. The molecule has 5 heteroatoms. The van der Waals surface area contributed by atoms with Crippen LogP contribution in [-0.2, 0) is 6.54 Å². The molecule has 5 nitrogen and oxygen atoms in total. The van der Waals surface area contributed by atoms with Crippen LogP contribution in [0.5, 0.6) is 17.2 Å². The Bertz CT molecular complexity index is 727. The van der Waals surface area contributed by atoms with E-state index in [0.29, 0.717) is 31.1 Å². The molecule has 0 bridgehead atoms. The van der Waals surface area contributed by atoms with Gasteiger partial charge in [-0.25, -0.2) is 0 Å². The maximum Gasteiger partial charge on any atom is 0.255 e. The van der Waals surface area contributed by atoms with E-state index in [4.69, 9.17) is 14.2 Å². The number of methoxy groups -OCH3 is 1. The number of carbonyl (C=O) groups is 1. The molecule has 2 aromatic carbocycles. The summed E-state index contributed by atoms with van der Waals surface area (Å²) in [5, 5.41) is 2.92. The summed E-state index contributed by atoms with van der Waals surface area (Å²) >= 11 is 0. The van der Waals surface area contributed by atoms with Gasteiger partial charge < -0.3 is 19.5 Å². The first kappa shape index (κ1) is 15.2. The monoisotopic (exact) mass is 313 g/mol. The second-order valence-electron chi connectivity index (χ2n) is 5.31. The van der Waals surface area contributed by atoms with Crippen molar-refractivity contribution in [1.82, 2.24) is 5.32 Å². The molecule has 0 aromatic heterocycles. The van der Waals surface area contributed by atoms with Crippen LogP contribution in [0.15, 0.2) is 36.4 Å². The van der Waals surface area contributed by atoms with Crippen LogP contribution in [0.4, 0.5) is 0 Å². The zero-order valence-corrected chi connectivity index (χ0v) is 13.2. The van der Waals surface area contributed by atoms with Gasteiger partial charge in [0.25, 0.3) is 5.91 Å². The van der Waals surface area contributed by atoms with Crippen LogP contribution in [-0.4, -0.2) is 26.2 Å². The lowest BCUT2D eigenvalue weighted by Gasteiger charge is -2.20. The van der Waals surface area contributed by atoms with Crippen molar-refractivity contribution in [1.29, 1.82) is 0 Å². The van der Waals surface area contributed by atoms with Gasteiger partial charge >= 0.3 is 0 Å². The Labute approximate surface area is 135 Å². The highest BCUT2D eigenvalue weighted by Crippen LogP contribution is 2.33. The van der Waals surface area contributed by atoms with Gasteiger partial charge in [-0.2, -0.15) is 0 Å². The number of amides is 1. The predicted octanol–water partition coefficient (Wildman–Crippen LogP) is 2.70. The summed E-state index contributed by atoms with van der Waals surface area (Å²) in [6.07, 6.45) is 0. The molecule has 0 saturated heterocycles. The Balaban J connectivity index is 1.74. The van der Waals surface area contributed by atoms with Gasteiger partial charge in [0.05, 0.1) is 12.7 Å². The fourth-order valence-corrected chi connectivity index (χ4v) is 2.53. The van der Waals surface area contributed by atoms with Crippen LogP contribution in [0.1, 0.15) is 21.5 Å². The molecule has 1 N–H and O–H groups in total. The lowest BCUT2D eigenvalue weighted by Crippen LogP contribution is -2.24. The van der Waals surface area contributed by atoms with Crippen molar-refractivity contribution < 1.29 is 19.0 Å². The number of hydrogen-bond acceptors (Lipinski definition) is 4. The summed E-state index contributed by atoms with van der Waals surface area (Å²) < 4.78 is 16.4. The van der Waals surface area contributed by atoms with Gasteiger partial charge in [-0.15, -0.1) is 0 Å². The minimum Gasteiger partial charge on any atom is -0.496 e. The van der Waals surface area contributed by atoms with E-state index in [1.54, 1.807) is 19.2 Å². The molecular weight excluding hydrogens is 294 g/mol. The van der Waals surface area contributed by atoms with Crippen molar-refractivity contribution in [3.8, 4) is 17.2 Å². The third kappa shape index (κ3) is 3.23. The summed E-state index contributed by atoms with van der Waals surface area (Å²) in [6.45, 7) is 3.52. The smallest absolute Gasteiger partial charge is 0.255 e. The average Bonchev–Trinajstić information content (AvgIpc) is 2.59. The second-order valence-corrected chi connectivity index (χ2v) is 5.31. The maximum absolute atomic E-state index is 12.4. The normalized spacial score (nSPS) is 12.6. The lowest BCUT2D eigenvalue weighted by molar-refractivity contribution is 0.0947. The number of ether oxygens (including phenoxy) is 3. The first-order valence-corrected chi connectivity index (χ1v) is 7.49. The maximum atomic E-state index is 12.4. The van der Waals surface area contributed by atoms with Crippen LogP contribution in [0, 0.1) is 6.92 Å². The fraction of sp³-hybridized carbons (Fsp3) is 0.278. The van der Waals surface area contributed by atoms with E-state index in [1.165, 1.54) is 0 Å². The first-order chi connectivity index (χ1) is 11.2. The highest BCUT2D eigenvalue weighted by atomic mass is 16.6. The Morgan fingerprint density at radius 2 is 1.87 bits per heavy atom. The number of benzene rings is 2. The Morgan fingerprint density at radius 3 is 2.61 bits per heavy atom. The highest BCUT2D eigenvalue weighted by Gasteiger charge is 2.16. The summed E-state index contributed by atoms with van der Waals surface area (Å²) in [5.41, 5.74) is 2.57. The number of carbonyl (C=O) groups excluding carboxylic acids is 1. The fourth-order valence-electron chi connectivity index (χ4n) is 2.53. The van der Waals surface area contributed by atoms with E-state index >= 15 is 0 Å². The summed E-state index contributed by atoms with van der Waals surface area (Å²) in [4.78, 5) is 12.4. The number of hydrogen-bond donors (Lipinski definition) is 1. The molecule has 0 atom stereocenters. The van der Waals surface area contributed by atoms with Gasteiger partial charge in [-0.3, -0.25) is 4.79 Å². The highest BCUT2D eigenvalue weighted by molar-refractivity contribution is 5.96. The summed E-state index contributed by atoms with van der Waals surface area (Å²) in [5.74, 6) is 1.87. The number of nitrogens with one attached hydrogen (secondary N) is 1. The van der Waals surface area contributed by atoms with E-state index in [-0.39, 0.29) is 5.91 Å². The third-order valence-corrected chi connectivity index (χ3v) is 3.79. The van der Waals surface area contributed by atoms with Crippen molar-refractivity contribution in [2.45, 2.75) is 13.5 Å². The SMILES string of the molecule is COc1ccccc1C(=O)NCc1cc2c(cc1C)OCCO2. The van der Waals surface area contributed by atoms with E-state index in [9.17, 15) is 4.79 Å². The van der Waals surface area contributed by atoms with E-state index < -0.39 is 0 Å². The summed E-state index contributed by atoms with van der Waals surface area (Å²) in [6, 6.07) is 11.0. The molecule has 2 aromatic rings. The van der Waals surface area contributed by atoms with Gasteiger partial charge in [-0.05, 0) is 42.3 Å². The molecule has 0 fully saturated rings. The van der Waals surface area contributed by atoms with Gasteiger partial charge in [0.15, 0.2) is 11.5 Å². The first-order valence-electron chi connectivity index (χ1n) is 7.49. The zero-order chi connectivity index (χ0) is 16.2. The number of aryl methyl sites for hydroxylation is 1. The van der Waals surface area contributed by atoms with Gasteiger partial charge in [0.1, 0.15) is 19.0 Å². The van der Waals surface area contributed by atoms with Crippen LogP contribution >= 0.6 is 0 Å². The average molecular weight is 313 g/mol. The molecule has 1 aliphatic heterocycles. The van der Waals surface area contributed by atoms with Crippen molar-refractivity contribution >= 4 is 5.91 Å². The number of para-hydroxylation sites is 1. The lowest BCUT2D eigenvalue weighted by atomic mass is 10.1. The minimum atomic E-state index is -0.170. The van der Waals surface area contributed by atoms with Crippen molar-refractivity contribution in [3.63, 3.8) is 0 Å². The molecule has 1 amide bonds. The van der Waals surface area contributed by atoms with Crippen molar-refractivity contribution in [3.05, 3.63) is 53.1 Å². The molecule has 0 saturated carbocycles. The Morgan fingerprint density at radius 1 is 1.17 bits per heavy atom. The molecule has 120 valence electrons. The second kappa shape index (κ2) is 6.60. The quantitative estimate of drug-likeness (QED) is 0.943.